The van der Waals surface area contributed by atoms with Crippen LogP contribution in [0.15, 0.2) is 53.4 Å². The Bertz CT molecular complexity index is 838. The molecule has 0 aromatic heterocycles. The van der Waals surface area contributed by atoms with E-state index in [1.807, 2.05) is 6.92 Å². The fourth-order valence-corrected chi connectivity index (χ4v) is 3.33. The van der Waals surface area contributed by atoms with Gasteiger partial charge in [0.1, 0.15) is 5.82 Å². The van der Waals surface area contributed by atoms with Gasteiger partial charge < -0.3 is 5.32 Å². The highest BCUT2D eigenvalue weighted by molar-refractivity contribution is 7.89. The molecule has 0 aliphatic rings. The first kappa shape index (κ1) is 19.1. The highest BCUT2D eigenvalue weighted by atomic mass is 32.2. The average Bonchev–Trinajstić information content (AvgIpc) is 2.59. The third-order valence-electron chi connectivity index (χ3n) is 3.53. The van der Waals surface area contributed by atoms with Gasteiger partial charge in [0.2, 0.25) is 15.9 Å². The second-order valence-electron chi connectivity index (χ2n) is 5.63. The van der Waals surface area contributed by atoms with Gasteiger partial charge in [-0.2, -0.15) is 0 Å². The number of hydrogen-bond donors (Lipinski definition) is 2. The molecule has 0 heterocycles. The number of halogens is 1. The predicted molar refractivity (Wildman–Crippen MR) is 93.6 cm³/mol. The summed E-state index contributed by atoms with van der Waals surface area (Å²) in [6, 6.07) is 12.1. The molecule has 0 saturated heterocycles. The highest BCUT2D eigenvalue weighted by Gasteiger charge is 2.14. The zero-order valence-electron chi connectivity index (χ0n) is 14.0. The summed E-state index contributed by atoms with van der Waals surface area (Å²) >= 11 is 0. The maximum Gasteiger partial charge on any atom is 0.240 e. The van der Waals surface area contributed by atoms with E-state index < -0.39 is 15.8 Å². The van der Waals surface area contributed by atoms with E-state index in [1.165, 1.54) is 30.3 Å². The van der Waals surface area contributed by atoms with E-state index in [0.29, 0.717) is 17.5 Å². The van der Waals surface area contributed by atoms with Gasteiger partial charge in [0, 0.05) is 19.5 Å². The van der Waals surface area contributed by atoms with E-state index in [9.17, 15) is 17.6 Å². The molecule has 2 N–H and O–H groups in total. The predicted octanol–water partition coefficient (Wildman–Crippen LogP) is 2.72. The SMILES string of the molecule is CCCC(=O)NCc1cccc(S(=O)(=O)NCc2cccc(F)c2)c1. The highest BCUT2D eigenvalue weighted by Crippen LogP contribution is 2.13. The maximum atomic E-state index is 13.2. The van der Waals surface area contributed by atoms with Crippen molar-refractivity contribution < 1.29 is 17.6 Å². The van der Waals surface area contributed by atoms with Crippen LogP contribution in [0.1, 0.15) is 30.9 Å². The third kappa shape index (κ3) is 5.95. The van der Waals surface area contributed by atoms with Gasteiger partial charge in [-0.1, -0.05) is 31.2 Å². The molecule has 2 aromatic carbocycles. The molecule has 1 amide bonds. The second kappa shape index (κ2) is 8.73. The van der Waals surface area contributed by atoms with Crippen LogP contribution in [0.3, 0.4) is 0 Å². The zero-order chi connectivity index (χ0) is 18.3. The van der Waals surface area contributed by atoms with Crippen LogP contribution >= 0.6 is 0 Å². The minimum Gasteiger partial charge on any atom is -0.352 e. The van der Waals surface area contributed by atoms with Crippen LogP contribution in [-0.4, -0.2) is 14.3 Å². The van der Waals surface area contributed by atoms with Crippen LogP contribution in [0.25, 0.3) is 0 Å². The molecule has 2 rings (SSSR count). The molecule has 0 aliphatic heterocycles. The number of carbonyl (C=O) groups is 1. The summed E-state index contributed by atoms with van der Waals surface area (Å²) in [7, 11) is -3.73. The number of hydrogen-bond acceptors (Lipinski definition) is 3. The molecule has 0 unspecified atom stereocenters. The molecule has 0 atom stereocenters. The number of rotatable bonds is 8. The maximum absolute atomic E-state index is 13.2. The standard InChI is InChI=1S/C18H21FN2O3S/c1-2-5-18(22)20-12-15-7-4-9-17(11-15)25(23,24)21-13-14-6-3-8-16(19)10-14/h3-4,6-11,21H,2,5,12-13H2,1H3,(H,20,22). The van der Waals surface area contributed by atoms with E-state index in [2.05, 4.69) is 10.0 Å². The normalized spacial score (nSPS) is 11.3. The van der Waals surface area contributed by atoms with Crippen LogP contribution in [0, 0.1) is 5.82 Å². The van der Waals surface area contributed by atoms with Crippen molar-refractivity contribution in [2.24, 2.45) is 0 Å². The Morgan fingerprint density at radius 1 is 1.04 bits per heavy atom. The van der Waals surface area contributed by atoms with Gasteiger partial charge in [0.15, 0.2) is 0 Å². The molecule has 7 heteroatoms. The van der Waals surface area contributed by atoms with Crippen LogP contribution < -0.4 is 10.0 Å². The van der Waals surface area contributed by atoms with Crippen molar-refractivity contribution in [1.82, 2.24) is 10.0 Å². The largest absolute Gasteiger partial charge is 0.352 e. The Balaban J connectivity index is 2.03. The minimum atomic E-state index is -3.73. The first-order chi connectivity index (χ1) is 11.9. The molecule has 0 spiro atoms. The lowest BCUT2D eigenvalue weighted by molar-refractivity contribution is -0.121. The summed E-state index contributed by atoms with van der Waals surface area (Å²) in [5.41, 5.74) is 1.23. The van der Waals surface area contributed by atoms with Crippen molar-refractivity contribution in [2.45, 2.75) is 37.8 Å². The first-order valence-electron chi connectivity index (χ1n) is 8.00. The van der Waals surface area contributed by atoms with E-state index in [-0.39, 0.29) is 23.9 Å². The van der Waals surface area contributed by atoms with Gasteiger partial charge in [-0.05, 0) is 41.8 Å². The summed E-state index contributed by atoms with van der Waals surface area (Å²) < 4.78 is 40.4. The average molecular weight is 364 g/mol. The third-order valence-corrected chi connectivity index (χ3v) is 4.93. The number of nitrogens with one attached hydrogen (secondary N) is 2. The Kier molecular flexibility index (Phi) is 6.66. The van der Waals surface area contributed by atoms with Crippen LogP contribution in [0.4, 0.5) is 4.39 Å². The van der Waals surface area contributed by atoms with Crippen molar-refractivity contribution >= 4 is 15.9 Å². The minimum absolute atomic E-state index is 0.00242. The summed E-state index contributed by atoms with van der Waals surface area (Å²) in [6.45, 7) is 2.18. The lowest BCUT2D eigenvalue weighted by Crippen LogP contribution is -2.24. The monoisotopic (exact) mass is 364 g/mol. The van der Waals surface area contributed by atoms with Gasteiger partial charge in [-0.25, -0.2) is 17.5 Å². The molecule has 0 aliphatic carbocycles. The summed E-state index contributed by atoms with van der Waals surface area (Å²) in [4.78, 5) is 11.6. The lowest BCUT2D eigenvalue weighted by atomic mass is 10.2. The van der Waals surface area contributed by atoms with Crippen molar-refractivity contribution in [3.63, 3.8) is 0 Å². The van der Waals surface area contributed by atoms with E-state index in [4.69, 9.17) is 0 Å². The lowest BCUT2D eigenvalue weighted by Gasteiger charge is -2.09. The summed E-state index contributed by atoms with van der Waals surface area (Å²) in [6.07, 6.45) is 1.19. The quantitative estimate of drug-likeness (QED) is 0.756. The molecule has 0 radical (unpaired) electrons. The first-order valence-corrected chi connectivity index (χ1v) is 9.49. The van der Waals surface area contributed by atoms with Crippen LogP contribution in [0.2, 0.25) is 0 Å². The van der Waals surface area contributed by atoms with Gasteiger partial charge in [0.25, 0.3) is 0 Å². The van der Waals surface area contributed by atoms with Crippen molar-refractivity contribution in [1.29, 1.82) is 0 Å². The summed E-state index contributed by atoms with van der Waals surface area (Å²) in [5.74, 6) is -0.485. The molecule has 0 bridgehead atoms. The van der Waals surface area contributed by atoms with E-state index in [0.717, 1.165) is 6.42 Å². The molecular formula is C18H21FN2O3S. The second-order valence-corrected chi connectivity index (χ2v) is 7.40. The van der Waals surface area contributed by atoms with Crippen molar-refractivity contribution in [3.05, 3.63) is 65.5 Å². The van der Waals surface area contributed by atoms with Crippen LogP contribution in [-0.2, 0) is 27.9 Å². The Hall–Kier alpha value is -2.25. The Morgan fingerprint density at radius 3 is 2.40 bits per heavy atom. The van der Waals surface area contributed by atoms with E-state index in [1.54, 1.807) is 18.2 Å². The number of benzene rings is 2. The molecule has 0 saturated carbocycles. The number of sulfonamides is 1. The van der Waals surface area contributed by atoms with Gasteiger partial charge in [-0.3, -0.25) is 4.79 Å². The Labute approximate surface area is 147 Å². The molecule has 5 nitrogen and oxygen atoms in total. The van der Waals surface area contributed by atoms with Crippen molar-refractivity contribution in [2.75, 3.05) is 0 Å². The zero-order valence-corrected chi connectivity index (χ0v) is 14.8. The smallest absolute Gasteiger partial charge is 0.240 e. The van der Waals surface area contributed by atoms with Gasteiger partial charge in [0.05, 0.1) is 4.90 Å². The molecule has 2 aromatic rings. The van der Waals surface area contributed by atoms with Gasteiger partial charge in [-0.15, -0.1) is 0 Å². The number of carbonyl (C=O) groups excluding carboxylic acids is 1. The molecule has 134 valence electrons. The molecule has 0 fully saturated rings. The Morgan fingerprint density at radius 2 is 1.72 bits per heavy atom. The topological polar surface area (TPSA) is 75.3 Å². The fourth-order valence-electron chi connectivity index (χ4n) is 2.25. The molecule has 25 heavy (non-hydrogen) atoms. The summed E-state index contributed by atoms with van der Waals surface area (Å²) in [5, 5.41) is 2.75. The fraction of sp³-hybridized carbons (Fsp3) is 0.278. The number of amides is 1. The molecular weight excluding hydrogens is 343 g/mol. The van der Waals surface area contributed by atoms with E-state index >= 15 is 0 Å². The van der Waals surface area contributed by atoms with Crippen molar-refractivity contribution in [3.8, 4) is 0 Å². The van der Waals surface area contributed by atoms with Gasteiger partial charge >= 0.3 is 0 Å². The van der Waals surface area contributed by atoms with Crippen LogP contribution in [0.5, 0.6) is 0 Å².